The Morgan fingerprint density at radius 3 is 2.61 bits per heavy atom. The average Bonchev–Trinajstić information content (AvgIpc) is 2.76. The van der Waals surface area contributed by atoms with Crippen molar-refractivity contribution in [2.24, 2.45) is 10.3 Å². The zero-order chi connectivity index (χ0) is 23.3. The normalized spacial score (nSPS) is 21.8. The van der Waals surface area contributed by atoms with Crippen molar-refractivity contribution in [1.82, 2.24) is 0 Å². The van der Waals surface area contributed by atoms with E-state index < -0.39 is 15.4 Å². The minimum atomic E-state index is -4.11. The van der Waals surface area contributed by atoms with Crippen LogP contribution in [0.5, 0.6) is 0 Å². The molecule has 2 aliphatic rings. The molecular formula is C24H28ClN3O4S. The van der Waals surface area contributed by atoms with Crippen LogP contribution in [0.1, 0.15) is 51.2 Å². The van der Waals surface area contributed by atoms with E-state index in [1.165, 1.54) is 12.1 Å². The molecule has 4 rings (SSSR count). The number of ketones is 1. The summed E-state index contributed by atoms with van der Waals surface area (Å²) in [6.07, 6.45) is 2.38. The number of aliphatic hydroxyl groups excluding tert-OH is 1. The molecule has 0 radical (unpaired) electrons. The highest BCUT2D eigenvalue weighted by Crippen LogP contribution is 2.44. The number of carbonyl (C=O) groups is 1. The molecule has 0 spiro atoms. The van der Waals surface area contributed by atoms with Crippen molar-refractivity contribution in [2.75, 3.05) is 11.1 Å². The highest BCUT2D eigenvalue weighted by Gasteiger charge is 2.46. The summed E-state index contributed by atoms with van der Waals surface area (Å²) < 4.78 is 29.6. The Labute approximate surface area is 200 Å². The van der Waals surface area contributed by atoms with Crippen LogP contribution in [-0.2, 0) is 20.2 Å². The highest BCUT2D eigenvalue weighted by molar-refractivity contribution is 7.90. The maximum atomic E-state index is 13.8. The lowest BCUT2D eigenvalue weighted by atomic mass is 9.66. The van der Waals surface area contributed by atoms with Crippen molar-refractivity contribution >= 4 is 51.2 Å². The lowest BCUT2D eigenvalue weighted by molar-refractivity contribution is -0.120. The fourth-order valence-corrected chi connectivity index (χ4v) is 5.46. The molecule has 0 saturated heterocycles. The van der Waals surface area contributed by atoms with Crippen LogP contribution in [0.2, 0.25) is 0 Å². The second kappa shape index (κ2) is 8.83. The van der Waals surface area contributed by atoms with Crippen molar-refractivity contribution in [3.05, 3.63) is 59.2 Å². The molecule has 33 heavy (non-hydrogen) atoms. The van der Waals surface area contributed by atoms with Gasteiger partial charge in [-0.15, -0.1) is 16.8 Å². The third-order valence-corrected chi connectivity index (χ3v) is 7.88. The molecule has 0 saturated carbocycles. The van der Waals surface area contributed by atoms with Crippen molar-refractivity contribution < 1.29 is 18.3 Å². The first-order chi connectivity index (χ1) is 15.1. The summed E-state index contributed by atoms with van der Waals surface area (Å²) >= 11 is 0. The first kappa shape index (κ1) is 24.8. The van der Waals surface area contributed by atoms with E-state index in [9.17, 15) is 18.3 Å². The largest absolute Gasteiger partial charge is 0.506 e. The van der Waals surface area contributed by atoms with Crippen LogP contribution >= 0.6 is 12.4 Å². The number of benzene rings is 2. The average molecular weight is 490 g/mol. The van der Waals surface area contributed by atoms with Gasteiger partial charge in [-0.3, -0.25) is 4.79 Å². The van der Waals surface area contributed by atoms with Gasteiger partial charge < -0.3 is 16.2 Å². The van der Waals surface area contributed by atoms with Crippen molar-refractivity contribution in [3.8, 4) is 0 Å². The lowest BCUT2D eigenvalue weighted by Crippen LogP contribution is -2.42. The molecule has 0 amide bonds. The number of carbonyl (C=O) groups excluding carboxylic acids is 1. The number of rotatable bonds is 5. The van der Waals surface area contributed by atoms with Crippen LogP contribution in [-0.4, -0.2) is 25.1 Å². The summed E-state index contributed by atoms with van der Waals surface area (Å²) in [6, 6.07) is 11.6. The minimum Gasteiger partial charge on any atom is -0.506 e. The summed E-state index contributed by atoms with van der Waals surface area (Å²) in [4.78, 5) is 13.8. The van der Waals surface area contributed by atoms with Crippen LogP contribution in [0.15, 0.2) is 57.3 Å². The van der Waals surface area contributed by atoms with Crippen molar-refractivity contribution in [2.45, 2.75) is 50.3 Å². The van der Waals surface area contributed by atoms with Crippen LogP contribution < -0.4 is 11.1 Å². The van der Waals surface area contributed by atoms with E-state index in [0.29, 0.717) is 17.9 Å². The number of halogens is 1. The first-order valence-electron chi connectivity index (χ1n) is 10.7. The van der Waals surface area contributed by atoms with Gasteiger partial charge in [0.05, 0.1) is 11.1 Å². The van der Waals surface area contributed by atoms with E-state index in [0.717, 1.165) is 18.4 Å². The third kappa shape index (κ3) is 4.13. The van der Waals surface area contributed by atoms with Gasteiger partial charge in [0, 0.05) is 11.3 Å². The van der Waals surface area contributed by atoms with Crippen LogP contribution in [0, 0.1) is 5.92 Å². The zero-order valence-corrected chi connectivity index (χ0v) is 20.4. The van der Waals surface area contributed by atoms with Gasteiger partial charge in [-0.1, -0.05) is 44.5 Å². The number of fused-ring (bicyclic) bond motifs is 2. The Bertz CT molecular complexity index is 1290. The molecule has 0 aromatic heterocycles. The van der Waals surface area contributed by atoms with Crippen LogP contribution in [0.3, 0.4) is 0 Å². The highest BCUT2D eigenvalue weighted by atomic mass is 35.5. The quantitative estimate of drug-likeness (QED) is 0.516. The predicted octanol–water partition coefficient (Wildman–Crippen LogP) is 4.84. The monoisotopic (exact) mass is 489 g/mol. The molecule has 2 atom stereocenters. The number of hydrogen-bond donors (Lipinski definition) is 3. The third-order valence-electron chi connectivity index (χ3n) is 6.56. The van der Waals surface area contributed by atoms with Gasteiger partial charge in [0.2, 0.25) is 0 Å². The Kier molecular flexibility index (Phi) is 6.64. The number of sulfonamides is 1. The Morgan fingerprint density at radius 1 is 1.21 bits per heavy atom. The van der Waals surface area contributed by atoms with Crippen LogP contribution in [0.4, 0.5) is 11.4 Å². The van der Waals surface area contributed by atoms with Crippen molar-refractivity contribution in [1.29, 1.82) is 0 Å². The number of amidine groups is 1. The Morgan fingerprint density at radius 2 is 1.91 bits per heavy atom. The standard InChI is InChI=1S/C24H27N3O4S.ClH/c1-4-14(2)11-12-24(3)17-8-6-5-7-16(17)21(28)20(22(24)29)23-26-18-10-9-15(25)13-19(18)32(30,31)27-23;/h5-10,13-14,28H,4,11-12,25H2,1-3H3,(H,26,27);1H/t14-,24?;/m0./s1. The van der Waals surface area contributed by atoms with E-state index >= 15 is 0 Å². The molecule has 0 fully saturated rings. The molecule has 9 heteroatoms. The molecule has 4 N–H and O–H groups in total. The second-order valence-electron chi connectivity index (χ2n) is 8.78. The first-order valence-corrected chi connectivity index (χ1v) is 12.1. The van der Waals surface area contributed by atoms with Gasteiger partial charge in [-0.2, -0.15) is 8.42 Å². The molecular weight excluding hydrogens is 462 g/mol. The number of nitrogen functional groups attached to an aromatic ring is 1. The fraction of sp³-hybridized carbons (Fsp3) is 0.333. The molecule has 176 valence electrons. The van der Waals surface area contributed by atoms with Gasteiger partial charge in [0.25, 0.3) is 10.0 Å². The second-order valence-corrected chi connectivity index (χ2v) is 10.4. The summed E-state index contributed by atoms with van der Waals surface area (Å²) in [7, 11) is -4.11. The van der Waals surface area contributed by atoms with Gasteiger partial charge >= 0.3 is 0 Å². The molecule has 7 nitrogen and oxygen atoms in total. The van der Waals surface area contributed by atoms with Crippen molar-refractivity contribution in [3.63, 3.8) is 0 Å². The summed E-state index contributed by atoms with van der Waals surface area (Å²) in [6.45, 7) is 6.10. The van der Waals surface area contributed by atoms with E-state index in [4.69, 9.17) is 5.73 Å². The number of nitrogens with two attached hydrogens (primary N) is 1. The SMILES string of the molecule is CC[C@H](C)CCC1(C)C(=O)C(C2=NS(=O)(=O)c3cc(N)ccc3N2)=C(O)c2ccccc21.Cl. The summed E-state index contributed by atoms with van der Waals surface area (Å²) in [5.41, 5.74) is 6.51. The predicted molar refractivity (Wildman–Crippen MR) is 133 cm³/mol. The number of anilines is 2. The molecule has 1 unspecified atom stereocenters. The number of aliphatic hydroxyl groups is 1. The van der Waals surface area contributed by atoms with E-state index in [2.05, 4.69) is 23.6 Å². The molecule has 1 aliphatic carbocycles. The van der Waals surface area contributed by atoms with E-state index in [1.807, 2.05) is 19.1 Å². The van der Waals surface area contributed by atoms with Gasteiger partial charge in [-0.05, 0) is 49.4 Å². The fourth-order valence-electron chi connectivity index (χ4n) is 4.30. The zero-order valence-electron chi connectivity index (χ0n) is 18.8. The van der Waals surface area contributed by atoms with Gasteiger partial charge in [0.15, 0.2) is 11.6 Å². The van der Waals surface area contributed by atoms with E-state index in [1.54, 1.807) is 18.2 Å². The van der Waals surface area contributed by atoms with Gasteiger partial charge in [-0.25, -0.2) is 0 Å². The van der Waals surface area contributed by atoms with Gasteiger partial charge in [0.1, 0.15) is 16.2 Å². The number of Topliss-reactive ketones (excluding diaryl/α,β-unsaturated/α-hetero) is 1. The number of nitrogens with one attached hydrogen (secondary N) is 1. The number of nitrogens with zero attached hydrogens (tertiary/aromatic N) is 1. The maximum absolute atomic E-state index is 13.8. The Balaban J connectivity index is 0.00000306. The van der Waals surface area contributed by atoms with E-state index in [-0.39, 0.29) is 51.6 Å². The summed E-state index contributed by atoms with van der Waals surface area (Å²) in [5.74, 6) is -0.365. The maximum Gasteiger partial charge on any atom is 0.286 e. The topological polar surface area (TPSA) is 122 Å². The molecule has 0 bridgehead atoms. The number of hydrogen-bond acceptors (Lipinski definition) is 6. The van der Waals surface area contributed by atoms with Crippen LogP contribution in [0.25, 0.3) is 5.76 Å². The molecule has 2 aromatic carbocycles. The molecule has 2 aromatic rings. The lowest BCUT2D eigenvalue weighted by Gasteiger charge is -2.36. The molecule has 1 aliphatic heterocycles. The Hall–Kier alpha value is -2.84. The smallest absolute Gasteiger partial charge is 0.286 e. The summed E-state index contributed by atoms with van der Waals surface area (Å²) in [5, 5.41) is 14.0. The minimum absolute atomic E-state index is 0. The molecule has 1 heterocycles.